The van der Waals surface area contributed by atoms with E-state index in [4.69, 9.17) is 13.9 Å². The highest BCUT2D eigenvalue weighted by atomic mass is 16.5. The van der Waals surface area contributed by atoms with E-state index in [2.05, 4.69) is 4.98 Å². The monoisotopic (exact) mass is 315 g/mol. The van der Waals surface area contributed by atoms with Gasteiger partial charge in [-0.25, -0.2) is 4.98 Å². The number of methoxy groups -OCH3 is 2. The Balaban J connectivity index is 0.000000924. The van der Waals surface area contributed by atoms with Gasteiger partial charge in [0.05, 0.1) is 14.2 Å². The average Bonchev–Trinajstić information content (AvgIpc) is 2.58. The molecule has 2 aliphatic rings. The molecule has 5 nitrogen and oxygen atoms in total. The lowest BCUT2D eigenvalue weighted by molar-refractivity contribution is 0.350. The molecule has 0 saturated heterocycles. The summed E-state index contributed by atoms with van der Waals surface area (Å²) in [6, 6.07) is 5.72. The molecule has 1 aromatic rings. The molecule has 0 atom stereocenters. The summed E-state index contributed by atoms with van der Waals surface area (Å²) < 4.78 is 16.4. The molecule has 0 amide bonds. The number of aromatic nitrogens is 1. The van der Waals surface area contributed by atoms with Crippen molar-refractivity contribution in [1.29, 1.82) is 0 Å². The van der Waals surface area contributed by atoms with Crippen molar-refractivity contribution < 1.29 is 13.9 Å². The molecule has 1 aliphatic heterocycles. The largest absolute Gasteiger partial charge is 0.491 e. The van der Waals surface area contributed by atoms with Crippen LogP contribution in [-0.4, -0.2) is 19.2 Å². The molecule has 23 heavy (non-hydrogen) atoms. The Kier molecular flexibility index (Phi) is 4.89. The molecule has 5 heteroatoms. The van der Waals surface area contributed by atoms with Crippen LogP contribution < -0.4 is 14.9 Å². The third-order valence-corrected chi connectivity index (χ3v) is 3.49. The second-order valence-electron chi connectivity index (χ2n) is 4.88. The van der Waals surface area contributed by atoms with Crippen molar-refractivity contribution in [3.8, 4) is 23.0 Å². The van der Waals surface area contributed by atoms with Crippen LogP contribution in [0.4, 0.5) is 0 Å². The molecule has 0 bridgehead atoms. The minimum absolute atomic E-state index is 0.150. The van der Waals surface area contributed by atoms with E-state index in [1.54, 1.807) is 6.92 Å². The van der Waals surface area contributed by atoms with Gasteiger partial charge in [0.1, 0.15) is 5.52 Å². The standard InChI is InChI=1S/C16H15NO4.C2H6/c1-8-5-6-10-11(7-8)21-14-9(2)13(18)16(20-4)15(19-3)12(14)17-10;1-2/h5-7H,1-4H3;1-2H3. The van der Waals surface area contributed by atoms with Gasteiger partial charge in [0.25, 0.3) is 0 Å². The number of nitrogens with zero attached hydrogens (tertiary/aromatic N) is 1. The van der Waals surface area contributed by atoms with Crippen molar-refractivity contribution in [2.24, 2.45) is 0 Å². The number of benzene rings is 2. The van der Waals surface area contributed by atoms with Crippen LogP contribution in [0.3, 0.4) is 0 Å². The summed E-state index contributed by atoms with van der Waals surface area (Å²) in [4.78, 5) is 16.9. The smallest absolute Gasteiger partial charge is 0.231 e. The van der Waals surface area contributed by atoms with Gasteiger partial charge in [-0.15, -0.1) is 0 Å². The molecular weight excluding hydrogens is 294 g/mol. The van der Waals surface area contributed by atoms with Crippen molar-refractivity contribution in [2.75, 3.05) is 14.2 Å². The second kappa shape index (κ2) is 6.69. The topological polar surface area (TPSA) is 61.6 Å². The predicted octanol–water partition coefficient (Wildman–Crippen LogP) is 3.95. The van der Waals surface area contributed by atoms with Gasteiger partial charge in [-0.1, -0.05) is 19.9 Å². The van der Waals surface area contributed by atoms with Crippen LogP contribution >= 0.6 is 0 Å². The molecule has 0 unspecified atom stereocenters. The highest BCUT2D eigenvalue weighted by Crippen LogP contribution is 2.39. The number of ether oxygens (including phenoxy) is 2. The summed E-state index contributed by atoms with van der Waals surface area (Å²) in [6.07, 6.45) is 0. The van der Waals surface area contributed by atoms with E-state index in [0.717, 1.165) is 5.56 Å². The fourth-order valence-electron chi connectivity index (χ4n) is 2.39. The maximum atomic E-state index is 12.3. The summed E-state index contributed by atoms with van der Waals surface area (Å²) in [5.74, 6) is 0.877. The zero-order valence-electron chi connectivity index (χ0n) is 14.3. The Morgan fingerprint density at radius 2 is 1.70 bits per heavy atom. The number of rotatable bonds is 2. The summed E-state index contributed by atoms with van der Waals surface area (Å²) in [6.45, 7) is 7.67. The highest BCUT2D eigenvalue weighted by Gasteiger charge is 2.25. The van der Waals surface area contributed by atoms with Crippen LogP contribution in [0.15, 0.2) is 27.4 Å². The molecule has 0 fully saturated rings. The average molecular weight is 315 g/mol. The lowest BCUT2D eigenvalue weighted by atomic mass is 10.1. The highest BCUT2D eigenvalue weighted by molar-refractivity contribution is 5.81. The number of hydrogen-bond donors (Lipinski definition) is 0. The molecule has 3 rings (SSSR count). The van der Waals surface area contributed by atoms with Crippen molar-refractivity contribution >= 4 is 11.1 Å². The van der Waals surface area contributed by atoms with Crippen molar-refractivity contribution in [2.45, 2.75) is 27.7 Å². The van der Waals surface area contributed by atoms with Gasteiger partial charge >= 0.3 is 0 Å². The van der Waals surface area contributed by atoms with E-state index < -0.39 is 0 Å². The Morgan fingerprint density at radius 3 is 2.30 bits per heavy atom. The first kappa shape index (κ1) is 16.8. The molecule has 0 spiro atoms. The van der Waals surface area contributed by atoms with Gasteiger partial charge in [0.2, 0.25) is 11.2 Å². The van der Waals surface area contributed by atoms with E-state index in [1.807, 2.05) is 39.0 Å². The third-order valence-electron chi connectivity index (χ3n) is 3.49. The van der Waals surface area contributed by atoms with E-state index >= 15 is 0 Å². The molecule has 1 aromatic carbocycles. The molecule has 0 saturated carbocycles. The van der Waals surface area contributed by atoms with Crippen LogP contribution in [0.25, 0.3) is 22.6 Å². The van der Waals surface area contributed by atoms with Gasteiger partial charge < -0.3 is 13.9 Å². The summed E-state index contributed by atoms with van der Waals surface area (Å²) in [5, 5.41) is 0. The third kappa shape index (κ3) is 2.74. The molecule has 0 N–H and O–H groups in total. The van der Waals surface area contributed by atoms with E-state index in [9.17, 15) is 4.79 Å². The van der Waals surface area contributed by atoms with Crippen molar-refractivity contribution in [1.82, 2.24) is 4.98 Å². The quantitative estimate of drug-likeness (QED) is 0.670. The minimum Gasteiger partial charge on any atom is -0.491 e. The lowest BCUT2D eigenvalue weighted by Crippen LogP contribution is -2.14. The molecule has 0 aromatic heterocycles. The summed E-state index contributed by atoms with van der Waals surface area (Å²) in [5.41, 5.74) is 3.09. The first-order chi connectivity index (χ1) is 11.1. The normalized spacial score (nSPS) is 10.3. The van der Waals surface area contributed by atoms with Crippen LogP contribution in [0, 0.1) is 13.8 Å². The molecule has 1 aliphatic carbocycles. The molecule has 122 valence electrons. The van der Waals surface area contributed by atoms with Crippen LogP contribution in [-0.2, 0) is 0 Å². The van der Waals surface area contributed by atoms with Gasteiger partial charge in [0, 0.05) is 5.56 Å². The minimum atomic E-state index is -0.251. The lowest BCUT2D eigenvalue weighted by Gasteiger charge is -2.15. The molecule has 1 heterocycles. The fraction of sp³-hybridized carbons (Fsp3) is 0.333. The van der Waals surface area contributed by atoms with Crippen molar-refractivity contribution in [3.63, 3.8) is 0 Å². The summed E-state index contributed by atoms with van der Waals surface area (Å²) >= 11 is 0. The van der Waals surface area contributed by atoms with Gasteiger partial charge in [0.15, 0.2) is 22.8 Å². The van der Waals surface area contributed by atoms with Gasteiger partial charge in [-0.05, 0) is 31.5 Å². The predicted molar refractivity (Wildman–Crippen MR) is 90.8 cm³/mol. The van der Waals surface area contributed by atoms with E-state index in [-0.39, 0.29) is 11.2 Å². The Morgan fingerprint density at radius 1 is 1.04 bits per heavy atom. The summed E-state index contributed by atoms with van der Waals surface area (Å²) in [7, 11) is 2.92. The molecular formula is C18H21NO4. The van der Waals surface area contributed by atoms with Crippen LogP contribution in [0.5, 0.6) is 11.5 Å². The number of fused-ring (bicyclic) bond motifs is 2. The Hall–Kier alpha value is -2.56. The number of aryl methyl sites for hydroxylation is 1. The Bertz CT molecular complexity index is 867. The van der Waals surface area contributed by atoms with Crippen molar-refractivity contribution in [3.05, 3.63) is 39.5 Å². The maximum Gasteiger partial charge on any atom is 0.231 e. The van der Waals surface area contributed by atoms with E-state index in [0.29, 0.717) is 33.9 Å². The molecule has 0 radical (unpaired) electrons. The number of hydrogen-bond acceptors (Lipinski definition) is 5. The first-order valence-corrected chi connectivity index (χ1v) is 7.52. The SMILES string of the molecule is CC.COc1c2nc3ccc(C)cc3oc-2c(C)c(=O)c1OC. The van der Waals surface area contributed by atoms with Gasteiger partial charge in [-0.3, -0.25) is 4.79 Å². The second-order valence-corrected chi connectivity index (χ2v) is 4.88. The van der Waals surface area contributed by atoms with E-state index in [1.165, 1.54) is 14.2 Å². The van der Waals surface area contributed by atoms with Crippen LogP contribution in [0.1, 0.15) is 25.0 Å². The first-order valence-electron chi connectivity index (χ1n) is 7.52. The Labute approximate surface area is 135 Å². The van der Waals surface area contributed by atoms with Gasteiger partial charge in [-0.2, -0.15) is 0 Å². The van der Waals surface area contributed by atoms with Crippen LogP contribution in [0.2, 0.25) is 0 Å². The maximum absolute atomic E-state index is 12.3. The zero-order valence-corrected chi connectivity index (χ0v) is 14.3. The fourth-order valence-corrected chi connectivity index (χ4v) is 2.39. The zero-order chi connectivity index (χ0) is 17.1.